The molecule has 5 fully saturated rings. The Balaban J connectivity index is 1.38. The average Bonchev–Trinajstić information content (AvgIpc) is 3.15. The summed E-state index contributed by atoms with van der Waals surface area (Å²) in [6.45, 7) is 6.28. The third-order valence-electron chi connectivity index (χ3n) is 9.45. The Morgan fingerprint density at radius 3 is 2.50 bits per heavy atom. The van der Waals surface area contributed by atoms with Crippen molar-refractivity contribution < 1.29 is 23.8 Å². The van der Waals surface area contributed by atoms with Crippen LogP contribution in [0.15, 0.2) is 0 Å². The number of fused-ring (bicyclic) bond motifs is 4. The first kappa shape index (κ1) is 18.9. The Labute approximate surface area is 167 Å². The predicted octanol–water partition coefficient (Wildman–Crippen LogP) is 3.88. The molecule has 9 atom stereocenters. The number of hydrogen-bond donors (Lipinski definition) is 0. The van der Waals surface area contributed by atoms with Gasteiger partial charge in [-0.3, -0.25) is 9.59 Å². The van der Waals surface area contributed by atoms with Crippen LogP contribution in [0.3, 0.4) is 0 Å². The van der Waals surface area contributed by atoms with E-state index in [-0.39, 0.29) is 41.1 Å². The van der Waals surface area contributed by atoms with Gasteiger partial charge in [0.25, 0.3) is 0 Å². The van der Waals surface area contributed by atoms with Crippen molar-refractivity contribution in [2.75, 3.05) is 6.61 Å². The number of rotatable bonds is 2. The van der Waals surface area contributed by atoms with Crippen LogP contribution >= 0.6 is 0 Å². The molecule has 5 rings (SSSR count). The highest BCUT2D eigenvalue weighted by Gasteiger charge is 2.65. The largest absolute Gasteiger partial charge is 0.462 e. The summed E-state index contributed by atoms with van der Waals surface area (Å²) in [6, 6.07) is 0. The fourth-order valence-electron chi connectivity index (χ4n) is 8.39. The standard InChI is InChI=1S/C23H34O5/c1-13(24)27-19-10-15-4-5-16-17-6-7-21(28-14(2)25)22(17,3)9-8-18(16)23(15)11-20(19)26-12-23/h15-21H,4-12H2,1-3H3/t15-,16-,17-,18-,19+,20-,21-,22-,23+/m0/s1. The first-order valence-electron chi connectivity index (χ1n) is 11.3. The molecule has 2 bridgehead atoms. The van der Waals surface area contributed by atoms with E-state index in [9.17, 15) is 9.59 Å². The van der Waals surface area contributed by atoms with E-state index in [4.69, 9.17) is 14.2 Å². The Bertz CT molecular complexity index is 676. The van der Waals surface area contributed by atoms with Crippen LogP contribution in [0.1, 0.15) is 72.1 Å². The van der Waals surface area contributed by atoms with Gasteiger partial charge in [-0.05, 0) is 75.0 Å². The van der Waals surface area contributed by atoms with Gasteiger partial charge in [0.15, 0.2) is 0 Å². The van der Waals surface area contributed by atoms with Crippen LogP contribution in [0.2, 0.25) is 0 Å². The van der Waals surface area contributed by atoms with Crippen molar-refractivity contribution in [3.63, 3.8) is 0 Å². The van der Waals surface area contributed by atoms with Crippen LogP contribution in [0.4, 0.5) is 0 Å². The summed E-state index contributed by atoms with van der Waals surface area (Å²) in [5.41, 5.74) is 0.426. The molecule has 156 valence electrons. The number of esters is 2. The topological polar surface area (TPSA) is 61.8 Å². The van der Waals surface area contributed by atoms with Crippen molar-refractivity contribution in [2.45, 2.75) is 90.4 Å². The molecule has 4 aliphatic carbocycles. The molecule has 0 aromatic rings. The van der Waals surface area contributed by atoms with Crippen LogP contribution in [-0.2, 0) is 23.8 Å². The minimum atomic E-state index is -0.183. The molecule has 1 aliphatic heterocycles. The second-order valence-electron chi connectivity index (χ2n) is 10.5. The molecule has 4 saturated carbocycles. The highest BCUT2D eigenvalue weighted by atomic mass is 16.6. The van der Waals surface area contributed by atoms with Crippen molar-refractivity contribution >= 4 is 11.9 Å². The molecular weight excluding hydrogens is 356 g/mol. The van der Waals surface area contributed by atoms with Gasteiger partial charge in [0.05, 0.1) is 12.7 Å². The zero-order valence-corrected chi connectivity index (χ0v) is 17.4. The molecule has 0 amide bonds. The van der Waals surface area contributed by atoms with Gasteiger partial charge >= 0.3 is 11.9 Å². The van der Waals surface area contributed by atoms with Crippen molar-refractivity contribution in [3.8, 4) is 0 Å². The van der Waals surface area contributed by atoms with Gasteiger partial charge in [0.2, 0.25) is 0 Å². The van der Waals surface area contributed by atoms with E-state index in [2.05, 4.69) is 6.92 Å². The first-order valence-corrected chi connectivity index (χ1v) is 11.3. The summed E-state index contributed by atoms with van der Waals surface area (Å²) in [6.07, 6.45) is 9.25. The lowest BCUT2D eigenvalue weighted by Crippen LogP contribution is -2.56. The van der Waals surface area contributed by atoms with E-state index in [0.29, 0.717) is 17.8 Å². The summed E-state index contributed by atoms with van der Waals surface area (Å²) < 4.78 is 17.7. The van der Waals surface area contributed by atoms with Gasteiger partial charge in [0, 0.05) is 24.7 Å². The quantitative estimate of drug-likeness (QED) is 0.670. The molecule has 0 radical (unpaired) electrons. The Morgan fingerprint density at radius 2 is 1.75 bits per heavy atom. The second kappa shape index (κ2) is 6.45. The molecule has 5 heteroatoms. The van der Waals surface area contributed by atoms with Crippen molar-refractivity contribution in [3.05, 3.63) is 0 Å². The van der Waals surface area contributed by atoms with Crippen molar-refractivity contribution in [1.82, 2.24) is 0 Å². The summed E-state index contributed by atoms with van der Waals surface area (Å²) in [7, 11) is 0. The lowest BCUT2D eigenvalue weighted by molar-refractivity contribution is -0.165. The summed E-state index contributed by atoms with van der Waals surface area (Å²) in [5.74, 6) is 2.40. The maximum atomic E-state index is 11.6. The third-order valence-corrected chi connectivity index (χ3v) is 9.45. The molecule has 28 heavy (non-hydrogen) atoms. The molecule has 0 aromatic heterocycles. The van der Waals surface area contributed by atoms with Crippen LogP contribution in [-0.4, -0.2) is 36.9 Å². The number of carbonyl (C=O) groups excluding carboxylic acids is 2. The molecule has 1 spiro atoms. The van der Waals surface area contributed by atoms with Gasteiger partial charge in [0.1, 0.15) is 12.2 Å². The van der Waals surface area contributed by atoms with Crippen LogP contribution in [0, 0.1) is 34.5 Å². The Morgan fingerprint density at radius 1 is 0.964 bits per heavy atom. The Hall–Kier alpha value is -1.10. The van der Waals surface area contributed by atoms with Crippen LogP contribution in [0.25, 0.3) is 0 Å². The summed E-state index contributed by atoms with van der Waals surface area (Å²) in [5, 5.41) is 0. The number of ether oxygens (including phenoxy) is 3. The van der Waals surface area contributed by atoms with Gasteiger partial charge in [-0.2, -0.15) is 0 Å². The second-order valence-corrected chi connectivity index (χ2v) is 10.5. The van der Waals surface area contributed by atoms with Crippen LogP contribution in [0.5, 0.6) is 0 Å². The number of hydrogen-bond acceptors (Lipinski definition) is 5. The van der Waals surface area contributed by atoms with Gasteiger partial charge in [-0.1, -0.05) is 6.92 Å². The van der Waals surface area contributed by atoms with E-state index in [1.165, 1.54) is 32.6 Å². The zero-order chi connectivity index (χ0) is 19.7. The molecule has 0 aromatic carbocycles. The minimum Gasteiger partial charge on any atom is -0.462 e. The highest BCUT2D eigenvalue weighted by Crippen LogP contribution is 2.68. The van der Waals surface area contributed by atoms with Crippen molar-refractivity contribution in [2.24, 2.45) is 34.5 Å². The number of carbonyl (C=O) groups is 2. The maximum Gasteiger partial charge on any atom is 0.302 e. The van der Waals surface area contributed by atoms with Crippen LogP contribution < -0.4 is 0 Å². The molecule has 5 aliphatic rings. The third kappa shape index (κ3) is 2.60. The average molecular weight is 391 g/mol. The summed E-state index contributed by atoms with van der Waals surface area (Å²) in [4.78, 5) is 23.1. The molecule has 1 saturated heterocycles. The fourth-order valence-corrected chi connectivity index (χ4v) is 8.39. The van der Waals surface area contributed by atoms with Gasteiger partial charge < -0.3 is 14.2 Å². The summed E-state index contributed by atoms with van der Waals surface area (Å²) >= 11 is 0. The minimum absolute atomic E-state index is 0.0524. The fraction of sp³-hybridized carbons (Fsp3) is 0.913. The first-order chi connectivity index (χ1) is 13.3. The van der Waals surface area contributed by atoms with E-state index in [1.54, 1.807) is 6.92 Å². The smallest absolute Gasteiger partial charge is 0.302 e. The highest BCUT2D eigenvalue weighted by molar-refractivity contribution is 5.66. The maximum absolute atomic E-state index is 11.6. The Kier molecular flexibility index (Phi) is 4.35. The van der Waals surface area contributed by atoms with E-state index in [0.717, 1.165) is 38.2 Å². The van der Waals surface area contributed by atoms with E-state index in [1.807, 2.05) is 0 Å². The predicted molar refractivity (Wildman–Crippen MR) is 102 cm³/mol. The molecule has 5 nitrogen and oxygen atoms in total. The lowest BCUT2D eigenvalue weighted by atomic mass is 9.45. The molecular formula is C23H34O5. The van der Waals surface area contributed by atoms with Gasteiger partial charge in [-0.15, -0.1) is 0 Å². The van der Waals surface area contributed by atoms with E-state index < -0.39 is 0 Å². The monoisotopic (exact) mass is 390 g/mol. The molecule has 0 unspecified atom stereocenters. The normalized spacial score (nSPS) is 51.6. The lowest BCUT2D eigenvalue weighted by Gasteiger charge is -2.59. The molecule has 1 heterocycles. The SMILES string of the molecule is CC(=O)O[C@H]1CC[C@H]2[C@@H]3CC[C@H]4C[C@@H](OC(C)=O)[C@@H]5C[C@]4(CO5)[C@H]3CC[C@]12C. The van der Waals surface area contributed by atoms with E-state index >= 15 is 0 Å². The zero-order valence-electron chi connectivity index (χ0n) is 17.4. The van der Waals surface area contributed by atoms with Crippen molar-refractivity contribution in [1.29, 1.82) is 0 Å². The molecule has 0 N–H and O–H groups in total. The van der Waals surface area contributed by atoms with Gasteiger partial charge in [-0.25, -0.2) is 0 Å².